The van der Waals surface area contributed by atoms with Crippen molar-refractivity contribution in [1.82, 2.24) is 5.32 Å². The van der Waals surface area contributed by atoms with Crippen molar-refractivity contribution in [3.8, 4) is 5.75 Å². The van der Waals surface area contributed by atoms with Crippen LogP contribution in [0.15, 0.2) is 36.9 Å². The van der Waals surface area contributed by atoms with E-state index in [4.69, 9.17) is 0 Å². The average Bonchev–Trinajstić information content (AvgIpc) is 2.28. The van der Waals surface area contributed by atoms with Gasteiger partial charge in [-0.1, -0.05) is 18.7 Å². The topological polar surface area (TPSA) is 38.3 Å². The summed E-state index contributed by atoms with van der Waals surface area (Å²) in [6.07, 6.45) is 1.17. The van der Waals surface area contributed by atoms with Gasteiger partial charge >= 0.3 is 6.61 Å². The van der Waals surface area contributed by atoms with Crippen molar-refractivity contribution in [3.05, 3.63) is 42.5 Å². The van der Waals surface area contributed by atoms with Crippen LogP contribution >= 0.6 is 0 Å². The molecule has 0 aliphatic rings. The second-order valence-corrected chi connectivity index (χ2v) is 3.38. The van der Waals surface area contributed by atoms with Gasteiger partial charge in [-0.2, -0.15) is 8.78 Å². The Bertz CT molecular complexity index is 390. The van der Waals surface area contributed by atoms with Crippen LogP contribution in [0.2, 0.25) is 0 Å². The molecule has 0 fully saturated rings. The number of alkyl halides is 2. The number of nitrogens with one attached hydrogen (secondary N) is 1. The zero-order valence-electron chi connectivity index (χ0n) is 9.32. The molecule has 17 heavy (non-hydrogen) atoms. The first-order chi connectivity index (χ1) is 8.02. The Kier molecular flexibility index (Phi) is 4.63. The van der Waals surface area contributed by atoms with Crippen LogP contribution in [0, 0.1) is 0 Å². The maximum Gasteiger partial charge on any atom is 0.387 e. The molecule has 0 saturated heterocycles. The van der Waals surface area contributed by atoms with Gasteiger partial charge in [-0.15, -0.1) is 0 Å². The van der Waals surface area contributed by atoms with E-state index in [1.54, 1.807) is 19.1 Å². The van der Waals surface area contributed by atoms with E-state index in [0.717, 1.165) is 5.56 Å². The van der Waals surface area contributed by atoms with Gasteiger partial charge in [0.2, 0.25) is 5.91 Å². The minimum absolute atomic E-state index is 0.0889. The summed E-state index contributed by atoms with van der Waals surface area (Å²) >= 11 is 0. The first kappa shape index (κ1) is 13.2. The number of halogens is 2. The summed E-state index contributed by atoms with van der Waals surface area (Å²) < 4.78 is 28.0. The molecule has 1 N–H and O–H groups in total. The maximum absolute atomic E-state index is 11.9. The Labute approximate surface area is 98.1 Å². The highest BCUT2D eigenvalue weighted by Gasteiger charge is 2.08. The molecular weight excluding hydrogens is 228 g/mol. The number of hydrogen-bond acceptors (Lipinski definition) is 2. The van der Waals surface area contributed by atoms with E-state index in [1.165, 1.54) is 18.2 Å². The molecule has 0 aromatic heterocycles. The van der Waals surface area contributed by atoms with Gasteiger partial charge in [-0.25, -0.2) is 0 Å². The molecule has 0 radical (unpaired) electrons. The van der Waals surface area contributed by atoms with Crippen molar-refractivity contribution in [2.45, 2.75) is 19.6 Å². The number of carbonyl (C=O) groups is 1. The van der Waals surface area contributed by atoms with E-state index in [1.807, 2.05) is 0 Å². The van der Waals surface area contributed by atoms with Gasteiger partial charge < -0.3 is 10.1 Å². The molecule has 0 bridgehead atoms. The van der Waals surface area contributed by atoms with Gasteiger partial charge in [-0.05, 0) is 30.7 Å². The van der Waals surface area contributed by atoms with Crippen molar-refractivity contribution in [3.63, 3.8) is 0 Å². The van der Waals surface area contributed by atoms with E-state index in [-0.39, 0.29) is 17.7 Å². The van der Waals surface area contributed by atoms with Crippen LogP contribution in [0.4, 0.5) is 8.78 Å². The third kappa shape index (κ3) is 4.22. The van der Waals surface area contributed by atoms with Crippen LogP contribution in [-0.4, -0.2) is 12.5 Å². The predicted octanol–water partition coefficient (Wildman–Crippen LogP) is 2.65. The van der Waals surface area contributed by atoms with Gasteiger partial charge in [-0.3, -0.25) is 4.79 Å². The fourth-order valence-corrected chi connectivity index (χ4v) is 1.29. The monoisotopic (exact) mass is 241 g/mol. The van der Waals surface area contributed by atoms with Gasteiger partial charge in [0, 0.05) is 0 Å². The Balaban J connectivity index is 2.66. The normalized spacial score (nSPS) is 12.0. The number of benzene rings is 1. The Morgan fingerprint density at radius 1 is 1.41 bits per heavy atom. The quantitative estimate of drug-likeness (QED) is 0.805. The van der Waals surface area contributed by atoms with E-state index in [9.17, 15) is 13.6 Å². The van der Waals surface area contributed by atoms with Crippen LogP contribution in [0.5, 0.6) is 5.75 Å². The lowest BCUT2D eigenvalue weighted by Gasteiger charge is -2.13. The molecule has 0 aliphatic carbocycles. The molecule has 1 aromatic carbocycles. The van der Waals surface area contributed by atoms with Crippen molar-refractivity contribution in [2.24, 2.45) is 0 Å². The molecule has 0 saturated carbocycles. The second-order valence-electron chi connectivity index (χ2n) is 3.38. The van der Waals surface area contributed by atoms with Crippen molar-refractivity contribution in [2.75, 3.05) is 0 Å². The van der Waals surface area contributed by atoms with E-state index in [0.29, 0.717) is 0 Å². The Morgan fingerprint density at radius 2 is 2.00 bits per heavy atom. The zero-order valence-corrected chi connectivity index (χ0v) is 9.32. The zero-order chi connectivity index (χ0) is 12.8. The molecule has 1 aromatic rings. The van der Waals surface area contributed by atoms with Crippen LogP contribution in [0.25, 0.3) is 0 Å². The molecule has 0 unspecified atom stereocenters. The fraction of sp³-hybridized carbons (Fsp3) is 0.250. The highest BCUT2D eigenvalue weighted by Crippen LogP contribution is 2.18. The number of rotatable bonds is 5. The molecule has 5 heteroatoms. The van der Waals surface area contributed by atoms with Gasteiger partial charge in [0.15, 0.2) is 0 Å². The highest BCUT2D eigenvalue weighted by molar-refractivity contribution is 5.87. The highest BCUT2D eigenvalue weighted by atomic mass is 19.3. The fourth-order valence-electron chi connectivity index (χ4n) is 1.29. The molecule has 1 amide bonds. The van der Waals surface area contributed by atoms with Crippen LogP contribution in [0.1, 0.15) is 18.5 Å². The van der Waals surface area contributed by atoms with E-state index in [2.05, 4.69) is 16.6 Å². The SMILES string of the molecule is C=CC(=O)N[C@H](C)c1ccc(OC(F)F)cc1. The largest absolute Gasteiger partial charge is 0.435 e. The molecule has 0 heterocycles. The molecular formula is C12H13F2NO2. The third-order valence-electron chi connectivity index (χ3n) is 2.15. The van der Waals surface area contributed by atoms with Crippen molar-refractivity contribution >= 4 is 5.91 Å². The smallest absolute Gasteiger partial charge is 0.387 e. The van der Waals surface area contributed by atoms with Crippen LogP contribution in [0.3, 0.4) is 0 Å². The average molecular weight is 241 g/mol. The number of amides is 1. The maximum atomic E-state index is 11.9. The molecule has 92 valence electrons. The first-order valence-electron chi connectivity index (χ1n) is 5.00. The third-order valence-corrected chi connectivity index (χ3v) is 2.15. The predicted molar refractivity (Wildman–Crippen MR) is 59.8 cm³/mol. The lowest BCUT2D eigenvalue weighted by molar-refractivity contribution is -0.117. The minimum Gasteiger partial charge on any atom is -0.435 e. The van der Waals surface area contributed by atoms with Gasteiger partial charge in [0.05, 0.1) is 6.04 Å². The van der Waals surface area contributed by atoms with Crippen molar-refractivity contribution < 1.29 is 18.3 Å². The van der Waals surface area contributed by atoms with Gasteiger partial charge in [0.25, 0.3) is 0 Å². The van der Waals surface area contributed by atoms with Crippen molar-refractivity contribution in [1.29, 1.82) is 0 Å². The second kappa shape index (κ2) is 5.98. The summed E-state index contributed by atoms with van der Waals surface area (Å²) in [5, 5.41) is 2.66. The molecule has 3 nitrogen and oxygen atoms in total. The number of carbonyl (C=O) groups excluding carboxylic acids is 1. The van der Waals surface area contributed by atoms with Gasteiger partial charge in [0.1, 0.15) is 5.75 Å². The standard InChI is InChI=1S/C12H13F2NO2/c1-3-11(16)15-8(2)9-4-6-10(7-5-9)17-12(13)14/h3-8,12H,1H2,2H3,(H,15,16)/t8-/m1/s1. The Hall–Kier alpha value is -1.91. The van der Waals surface area contributed by atoms with E-state index < -0.39 is 6.61 Å². The number of hydrogen-bond donors (Lipinski definition) is 1. The molecule has 0 aliphatic heterocycles. The summed E-state index contributed by atoms with van der Waals surface area (Å²) in [6.45, 7) is 2.29. The summed E-state index contributed by atoms with van der Waals surface area (Å²) in [5.41, 5.74) is 0.793. The summed E-state index contributed by atoms with van der Waals surface area (Å²) in [6, 6.07) is 5.87. The lowest BCUT2D eigenvalue weighted by Crippen LogP contribution is -2.24. The van der Waals surface area contributed by atoms with Crippen LogP contribution in [-0.2, 0) is 4.79 Å². The first-order valence-corrected chi connectivity index (χ1v) is 5.00. The van der Waals surface area contributed by atoms with E-state index >= 15 is 0 Å². The Morgan fingerprint density at radius 3 is 2.47 bits per heavy atom. The van der Waals surface area contributed by atoms with Crippen LogP contribution < -0.4 is 10.1 Å². The lowest BCUT2D eigenvalue weighted by atomic mass is 10.1. The molecule has 1 rings (SSSR count). The summed E-state index contributed by atoms with van der Waals surface area (Å²) in [4.78, 5) is 11.1. The number of ether oxygens (including phenoxy) is 1. The molecule has 0 spiro atoms. The molecule has 1 atom stereocenters. The summed E-state index contributed by atoms with van der Waals surface area (Å²) in [7, 11) is 0. The minimum atomic E-state index is -2.83. The summed E-state index contributed by atoms with van der Waals surface area (Å²) in [5.74, 6) is -0.198.